The van der Waals surface area contributed by atoms with E-state index in [1.165, 1.54) is 44.1 Å². The van der Waals surface area contributed by atoms with Gasteiger partial charge in [-0.05, 0) is 23.8 Å². The Hall–Kier alpha value is -0.300. The number of benzene rings is 1. The van der Waals surface area contributed by atoms with Gasteiger partial charge >= 0.3 is 0 Å². The Labute approximate surface area is 114 Å². The van der Waals surface area contributed by atoms with Gasteiger partial charge in [0, 0.05) is 4.83 Å². The second-order valence-electron chi connectivity index (χ2n) is 5.53. The second kappa shape index (κ2) is 6.58. The van der Waals surface area contributed by atoms with Crippen molar-refractivity contribution in [2.24, 2.45) is 11.8 Å². The number of halogens is 1. The first-order valence-electron chi connectivity index (χ1n) is 6.96. The van der Waals surface area contributed by atoms with Gasteiger partial charge in [0.2, 0.25) is 0 Å². The number of hydrogen-bond acceptors (Lipinski definition) is 0. The molecule has 1 aromatic carbocycles. The lowest BCUT2D eigenvalue weighted by molar-refractivity contribution is 0.295. The van der Waals surface area contributed by atoms with Crippen LogP contribution in [-0.4, -0.2) is 0 Å². The van der Waals surface area contributed by atoms with Gasteiger partial charge in [0.1, 0.15) is 0 Å². The quantitative estimate of drug-likeness (QED) is 0.622. The van der Waals surface area contributed by atoms with Crippen molar-refractivity contribution >= 4 is 15.9 Å². The third-order valence-corrected chi connectivity index (χ3v) is 5.48. The zero-order valence-electron chi connectivity index (χ0n) is 10.7. The Balaban J connectivity index is 1.88. The molecule has 0 aromatic heterocycles. The maximum Gasteiger partial charge on any atom is 0.0420 e. The topological polar surface area (TPSA) is 0 Å². The lowest BCUT2D eigenvalue weighted by atomic mass is 9.81. The predicted molar refractivity (Wildman–Crippen MR) is 78.5 cm³/mol. The van der Waals surface area contributed by atoms with E-state index in [0.717, 1.165) is 11.8 Å². The molecule has 1 aliphatic rings. The van der Waals surface area contributed by atoms with E-state index in [1.807, 2.05) is 0 Å². The van der Waals surface area contributed by atoms with Crippen LogP contribution < -0.4 is 0 Å². The van der Waals surface area contributed by atoms with Crippen molar-refractivity contribution in [2.75, 3.05) is 0 Å². The maximum atomic E-state index is 3.88. The average Bonchev–Trinajstić information content (AvgIpc) is 2.40. The molecule has 0 aliphatic heterocycles. The Morgan fingerprint density at radius 2 is 1.76 bits per heavy atom. The smallest absolute Gasteiger partial charge is 0.0420 e. The number of alkyl halides is 1. The standard InChI is InChI=1S/C16H23Br/c1-13(12-14-8-4-2-5-9-14)16(17)15-10-6-3-7-11-15/h3,6-7,10-11,13-14,16H,2,4-5,8-9,12H2,1H3. The molecule has 0 heterocycles. The summed E-state index contributed by atoms with van der Waals surface area (Å²) in [6, 6.07) is 10.8. The van der Waals surface area contributed by atoms with E-state index in [1.54, 1.807) is 0 Å². The molecule has 1 saturated carbocycles. The number of rotatable bonds is 4. The Morgan fingerprint density at radius 3 is 2.41 bits per heavy atom. The molecule has 1 aromatic rings. The van der Waals surface area contributed by atoms with Crippen LogP contribution in [-0.2, 0) is 0 Å². The molecule has 0 saturated heterocycles. The van der Waals surface area contributed by atoms with Gasteiger partial charge in [-0.1, -0.05) is 85.3 Å². The molecule has 17 heavy (non-hydrogen) atoms. The minimum Gasteiger partial charge on any atom is -0.0836 e. The first-order chi connectivity index (χ1) is 8.27. The monoisotopic (exact) mass is 294 g/mol. The van der Waals surface area contributed by atoms with Crippen molar-refractivity contribution in [3.05, 3.63) is 35.9 Å². The highest BCUT2D eigenvalue weighted by molar-refractivity contribution is 9.09. The minimum atomic E-state index is 0.519. The molecule has 0 N–H and O–H groups in total. The van der Waals surface area contributed by atoms with E-state index in [9.17, 15) is 0 Å². The first kappa shape index (κ1) is 13.1. The van der Waals surface area contributed by atoms with Gasteiger partial charge in [-0.15, -0.1) is 0 Å². The van der Waals surface area contributed by atoms with Crippen LogP contribution in [0.15, 0.2) is 30.3 Å². The first-order valence-corrected chi connectivity index (χ1v) is 7.88. The van der Waals surface area contributed by atoms with Crippen LogP contribution >= 0.6 is 15.9 Å². The van der Waals surface area contributed by atoms with Gasteiger partial charge in [0.15, 0.2) is 0 Å². The van der Waals surface area contributed by atoms with Gasteiger partial charge in [-0.2, -0.15) is 0 Å². The summed E-state index contributed by atoms with van der Waals surface area (Å²) in [4.78, 5) is 0.519. The normalized spacial score (nSPS) is 21.1. The molecule has 0 spiro atoms. The van der Waals surface area contributed by atoms with Gasteiger partial charge in [0.25, 0.3) is 0 Å². The summed E-state index contributed by atoms with van der Waals surface area (Å²) in [5.41, 5.74) is 1.43. The van der Waals surface area contributed by atoms with Crippen molar-refractivity contribution in [2.45, 2.75) is 50.3 Å². The van der Waals surface area contributed by atoms with Gasteiger partial charge in [-0.25, -0.2) is 0 Å². The molecule has 0 amide bonds. The molecule has 0 nitrogen and oxygen atoms in total. The molecule has 2 rings (SSSR count). The molecule has 2 atom stereocenters. The molecule has 0 radical (unpaired) electrons. The van der Waals surface area contributed by atoms with Crippen molar-refractivity contribution in [1.82, 2.24) is 0 Å². The van der Waals surface area contributed by atoms with E-state index in [4.69, 9.17) is 0 Å². The van der Waals surface area contributed by atoms with E-state index < -0.39 is 0 Å². The molecular formula is C16H23Br. The summed E-state index contributed by atoms with van der Waals surface area (Å²) < 4.78 is 0. The highest BCUT2D eigenvalue weighted by Crippen LogP contribution is 2.38. The fourth-order valence-corrected chi connectivity index (χ4v) is 3.55. The van der Waals surface area contributed by atoms with E-state index in [2.05, 4.69) is 53.2 Å². The van der Waals surface area contributed by atoms with Gasteiger partial charge < -0.3 is 0 Å². The summed E-state index contributed by atoms with van der Waals surface area (Å²) in [6.07, 6.45) is 8.66. The van der Waals surface area contributed by atoms with Crippen molar-refractivity contribution in [3.63, 3.8) is 0 Å². The van der Waals surface area contributed by atoms with Crippen molar-refractivity contribution in [3.8, 4) is 0 Å². The van der Waals surface area contributed by atoms with Crippen LogP contribution in [0.5, 0.6) is 0 Å². The van der Waals surface area contributed by atoms with Crippen LogP contribution in [0.1, 0.15) is 55.8 Å². The second-order valence-corrected chi connectivity index (χ2v) is 6.52. The van der Waals surface area contributed by atoms with E-state index in [0.29, 0.717) is 4.83 Å². The third kappa shape index (κ3) is 3.84. The van der Waals surface area contributed by atoms with Crippen molar-refractivity contribution < 1.29 is 0 Å². The van der Waals surface area contributed by atoms with Crippen LogP contribution in [0.4, 0.5) is 0 Å². The molecular weight excluding hydrogens is 272 g/mol. The SMILES string of the molecule is CC(CC1CCCCC1)C(Br)c1ccccc1. The maximum absolute atomic E-state index is 3.88. The summed E-state index contributed by atoms with van der Waals surface area (Å²) in [6.45, 7) is 2.39. The van der Waals surface area contributed by atoms with Crippen molar-refractivity contribution in [1.29, 1.82) is 0 Å². The fraction of sp³-hybridized carbons (Fsp3) is 0.625. The summed E-state index contributed by atoms with van der Waals surface area (Å²) >= 11 is 3.88. The molecule has 1 aliphatic carbocycles. The highest BCUT2D eigenvalue weighted by atomic mass is 79.9. The molecule has 2 unspecified atom stereocenters. The molecule has 1 fully saturated rings. The zero-order chi connectivity index (χ0) is 12.1. The molecule has 1 heteroatoms. The van der Waals surface area contributed by atoms with Crippen LogP contribution in [0, 0.1) is 11.8 Å². The Bertz CT molecular complexity index is 314. The predicted octanol–water partition coefficient (Wildman–Crippen LogP) is 5.73. The lowest BCUT2D eigenvalue weighted by Crippen LogP contribution is -2.13. The van der Waals surface area contributed by atoms with E-state index in [-0.39, 0.29) is 0 Å². The highest BCUT2D eigenvalue weighted by Gasteiger charge is 2.21. The lowest BCUT2D eigenvalue weighted by Gasteiger charge is -2.27. The van der Waals surface area contributed by atoms with Crippen LogP contribution in [0.3, 0.4) is 0 Å². The zero-order valence-corrected chi connectivity index (χ0v) is 12.3. The van der Waals surface area contributed by atoms with Gasteiger partial charge in [-0.3, -0.25) is 0 Å². The summed E-state index contributed by atoms with van der Waals surface area (Å²) in [5, 5.41) is 0. The average molecular weight is 295 g/mol. The van der Waals surface area contributed by atoms with E-state index >= 15 is 0 Å². The molecule has 0 bridgehead atoms. The van der Waals surface area contributed by atoms with Gasteiger partial charge in [0.05, 0.1) is 0 Å². The fourth-order valence-electron chi connectivity index (χ4n) is 3.03. The number of hydrogen-bond donors (Lipinski definition) is 0. The van der Waals surface area contributed by atoms with Crippen LogP contribution in [0.25, 0.3) is 0 Å². The summed E-state index contributed by atoms with van der Waals surface area (Å²) in [7, 11) is 0. The van der Waals surface area contributed by atoms with Crippen LogP contribution in [0.2, 0.25) is 0 Å². The largest absolute Gasteiger partial charge is 0.0836 e. The summed E-state index contributed by atoms with van der Waals surface area (Å²) in [5.74, 6) is 1.71. The molecule has 94 valence electrons. The minimum absolute atomic E-state index is 0.519. The third-order valence-electron chi connectivity index (χ3n) is 4.05. The Kier molecular flexibility index (Phi) is 5.09. The Morgan fingerprint density at radius 1 is 1.12 bits per heavy atom.